The van der Waals surface area contributed by atoms with E-state index < -0.39 is 9.84 Å². The van der Waals surface area contributed by atoms with Gasteiger partial charge in [-0.1, -0.05) is 57.1 Å². The predicted octanol–water partition coefficient (Wildman–Crippen LogP) is 6.25. The maximum atomic E-state index is 13.3. The number of aliphatic hydroxyl groups is 1. The van der Waals surface area contributed by atoms with Crippen molar-refractivity contribution in [3.8, 4) is 0 Å². The third-order valence-corrected chi connectivity index (χ3v) is 12.1. The van der Waals surface area contributed by atoms with Gasteiger partial charge >= 0.3 is 0 Å². The van der Waals surface area contributed by atoms with Gasteiger partial charge in [-0.2, -0.15) is 0 Å². The van der Waals surface area contributed by atoms with E-state index in [9.17, 15) is 13.5 Å². The highest BCUT2D eigenvalue weighted by molar-refractivity contribution is 7.92. The minimum atomic E-state index is -3.11. The summed E-state index contributed by atoms with van der Waals surface area (Å²) in [6, 6.07) is 0. The number of allylic oxidation sites excluding steroid dienone is 2. The monoisotopic (exact) mass is 472 g/mol. The van der Waals surface area contributed by atoms with E-state index >= 15 is 0 Å². The zero-order valence-electron chi connectivity index (χ0n) is 21.1. The molecule has 1 aliphatic heterocycles. The fourth-order valence-corrected chi connectivity index (χ4v) is 10.4. The van der Waals surface area contributed by atoms with Crippen molar-refractivity contribution in [3.05, 3.63) is 34.9 Å². The summed E-state index contributed by atoms with van der Waals surface area (Å²) in [6.45, 7) is 9.31. The smallest absolute Gasteiger partial charge is 0.164 e. The molecular formula is C29H44O3S. The molecule has 33 heavy (non-hydrogen) atoms. The molecule has 1 unspecified atom stereocenters. The van der Waals surface area contributed by atoms with Gasteiger partial charge in [-0.25, -0.2) is 8.42 Å². The molecule has 0 aromatic heterocycles. The Morgan fingerprint density at radius 1 is 1.09 bits per heavy atom. The van der Waals surface area contributed by atoms with Crippen molar-refractivity contribution in [1.82, 2.24) is 0 Å². The fourth-order valence-electron chi connectivity index (χ4n) is 8.27. The molecule has 4 heteroatoms. The standard InChI is InChI=1S/C29H44O3S/c1-18-14-20(3)24-17-33(31,32)28(23(24)15-18)16-22-6-5-13-29(4)25(10-11-26(22)29)19(2)7-12-27(30)21-8-9-21/h7,12,16,18-21,25-28,30H,5-6,8-11,13-15,17H2,1-4H3/b12-7+,22-16+/t18-,19+,20-,25?,26-,27-,28-,29+/m0/s1. The van der Waals surface area contributed by atoms with Crippen molar-refractivity contribution in [1.29, 1.82) is 0 Å². The molecule has 4 aliphatic carbocycles. The molecule has 0 aromatic carbocycles. The zero-order chi connectivity index (χ0) is 23.5. The summed E-state index contributed by atoms with van der Waals surface area (Å²) in [6.07, 6.45) is 16.6. The molecule has 3 nitrogen and oxygen atoms in total. The molecule has 0 aromatic rings. The van der Waals surface area contributed by atoms with Crippen molar-refractivity contribution >= 4 is 9.84 Å². The SMILES string of the molecule is C[C@@H]1CC2=C(CS(=O)(=O)[C@H]2/C=C2\CCC[C@]3(C)C([C@H](C)/C=C/[C@H](O)C4CC4)CC[C@@H]23)[C@@H](C)C1. The lowest BCUT2D eigenvalue weighted by Gasteiger charge is -2.44. The maximum absolute atomic E-state index is 13.3. The van der Waals surface area contributed by atoms with Gasteiger partial charge < -0.3 is 5.11 Å². The first-order valence-electron chi connectivity index (χ1n) is 13.6. The molecule has 5 aliphatic rings. The van der Waals surface area contributed by atoms with E-state index in [1.807, 2.05) is 0 Å². The van der Waals surface area contributed by atoms with E-state index in [1.165, 1.54) is 42.4 Å². The maximum Gasteiger partial charge on any atom is 0.164 e. The highest BCUT2D eigenvalue weighted by Crippen LogP contribution is 2.60. The number of aliphatic hydroxyl groups excluding tert-OH is 1. The number of fused-ring (bicyclic) bond motifs is 1. The van der Waals surface area contributed by atoms with Gasteiger partial charge in [0.05, 0.1) is 11.9 Å². The lowest BCUT2D eigenvalue weighted by atomic mass is 9.61. The molecule has 0 radical (unpaired) electrons. The Morgan fingerprint density at radius 2 is 1.85 bits per heavy atom. The molecule has 3 fully saturated rings. The van der Waals surface area contributed by atoms with Crippen LogP contribution in [0.25, 0.3) is 0 Å². The first-order valence-corrected chi connectivity index (χ1v) is 15.3. The Morgan fingerprint density at radius 3 is 2.58 bits per heavy atom. The van der Waals surface area contributed by atoms with E-state index in [-0.39, 0.29) is 16.8 Å². The topological polar surface area (TPSA) is 54.4 Å². The second-order valence-electron chi connectivity index (χ2n) is 12.6. The summed E-state index contributed by atoms with van der Waals surface area (Å²) < 4.78 is 26.6. The fraction of sp³-hybridized carbons (Fsp3) is 0.793. The van der Waals surface area contributed by atoms with Gasteiger partial charge in [0.25, 0.3) is 0 Å². The van der Waals surface area contributed by atoms with Crippen LogP contribution in [0, 0.1) is 40.9 Å². The van der Waals surface area contributed by atoms with E-state index in [0.717, 1.165) is 32.1 Å². The molecule has 8 atom stereocenters. The summed E-state index contributed by atoms with van der Waals surface area (Å²) in [7, 11) is -3.11. The van der Waals surface area contributed by atoms with E-state index in [0.29, 0.717) is 41.3 Å². The second-order valence-corrected chi connectivity index (χ2v) is 14.8. The number of sulfone groups is 1. The second kappa shape index (κ2) is 8.66. The molecule has 0 saturated heterocycles. The summed E-state index contributed by atoms with van der Waals surface area (Å²) in [5.41, 5.74) is 4.17. The Bertz CT molecular complexity index is 969. The quantitative estimate of drug-likeness (QED) is 0.481. The Kier molecular flexibility index (Phi) is 6.26. The van der Waals surface area contributed by atoms with Crippen LogP contribution in [-0.4, -0.2) is 30.6 Å². The molecular weight excluding hydrogens is 428 g/mol. The van der Waals surface area contributed by atoms with Crippen LogP contribution in [0.15, 0.2) is 34.9 Å². The van der Waals surface area contributed by atoms with Crippen LogP contribution in [0.4, 0.5) is 0 Å². The van der Waals surface area contributed by atoms with Crippen LogP contribution in [0.1, 0.15) is 85.5 Å². The molecule has 0 spiro atoms. The molecule has 0 amide bonds. The van der Waals surface area contributed by atoms with Crippen molar-refractivity contribution in [2.24, 2.45) is 40.9 Å². The number of rotatable bonds is 5. The lowest BCUT2D eigenvalue weighted by Crippen LogP contribution is -2.36. The average molecular weight is 473 g/mol. The predicted molar refractivity (Wildman–Crippen MR) is 135 cm³/mol. The van der Waals surface area contributed by atoms with Crippen LogP contribution in [0.5, 0.6) is 0 Å². The molecule has 0 bridgehead atoms. The highest BCUT2D eigenvalue weighted by Gasteiger charge is 2.51. The highest BCUT2D eigenvalue weighted by atomic mass is 32.2. The first kappa shape index (κ1) is 23.9. The van der Waals surface area contributed by atoms with Crippen LogP contribution in [-0.2, 0) is 9.84 Å². The first-order chi connectivity index (χ1) is 15.6. The van der Waals surface area contributed by atoms with Crippen LogP contribution in [0.2, 0.25) is 0 Å². The van der Waals surface area contributed by atoms with Crippen molar-refractivity contribution in [3.63, 3.8) is 0 Å². The number of hydrogen-bond donors (Lipinski definition) is 1. The van der Waals surface area contributed by atoms with Gasteiger partial charge in [0.2, 0.25) is 0 Å². The van der Waals surface area contributed by atoms with Crippen LogP contribution in [0.3, 0.4) is 0 Å². The van der Waals surface area contributed by atoms with Gasteiger partial charge in [-0.3, -0.25) is 0 Å². The van der Waals surface area contributed by atoms with Crippen molar-refractivity contribution in [2.45, 2.75) is 96.8 Å². The summed E-state index contributed by atoms with van der Waals surface area (Å²) >= 11 is 0. The van der Waals surface area contributed by atoms with Gasteiger partial charge in [0.1, 0.15) is 5.25 Å². The zero-order valence-corrected chi connectivity index (χ0v) is 21.9. The lowest BCUT2D eigenvalue weighted by molar-refractivity contribution is 0.111. The van der Waals surface area contributed by atoms with Crippen LogP contribution >= 0.6 is 0 Å². The van der Waals surface area contributed by atoms with E-state index in [4.69, 9.17) is 0 Å². The Balaban J connectivity index is 1.39. The van der Waals surface area contributed by atoms with E-state index in [1.54, 1.807) is 0 Å². The Labute approximate surface area is 201 Å². The van der Waals surface area contributed by atoms with Gasteiger partial charge in [-0.05, 0) is 104 Å². The number of hydrogen-bond acceptors (Lipinski definition) is 3. The summed E-state index contributed by atoms with van der Waals surface area (Å²) in [4.78, 5) is 0. The molecule has 1 heterocycles. The van der Waals surface area contributed by atoms with Gasteiger partial charge in [-0.15, -0.1) is 0 Å². The molecule has 5 rings (SSSR count). The molecule has 3 saturated carbocycles. The largest absolute Gasteiger partial charge is 0.389 e. The third-order valence-electron chi connectivity index (χ3n) is 10.2. The average Bonchev–Trinajstić information content (AvgIpc) is 3.48. The minimum absolute atomic E-state index is 0.241. The van der Waals surface area contributed by atoms with Crippen LogP contribution < -0.4 is 0 Å². The molecule has 1 N–H and O–H groups in total. The van der Waals surface area contributed by atoms with Crippen molar-refractivity contribution in [2.75, 3.05) is 5.75 Å². The third kappa shape index (κ3) is 4.33. The summed E-state index contributed by atoms with van der Waals surface area (Å²) in [5.74, 6) is 3.35. The normalized spacial score (nSPS) is 43.7. The van der Waals surface area contributed by atoms with E-state index in [2.05, 4.69) is 45.9 Å². The van der Waals surface area contributed by atoms with Crippen molar-refractivity contribution < 1.29 is 13.5 Å². The molecule has 184 valence electrons. The summed E-state index contributed by atoms with van der Waals surface area (Å²) in [5, 5.41) is 9.94. The van der Waals surface area contributed by atoms with Gasteiger partial charge in [0.15, 0.2) is 9.84 Å². The Hall–Kier alpha value is -0.870. The minimum Gasteiger partial charge on any atom is -0.389 e. The van der Waals surface area contributed by atoms with Gasteiger partial charge in [0, 0.05) is 0 Å².